The summed E-state index contributed by atoms with van der Waals surface area (Å²) in [5, 5.41) is 3.00. The Hall–Kier alpha value is -2.81. The summed E-state index contributed by atoms with van der Waals surface area (Å²) in [4.78, 5) is 40.0. The van der Waals surface area contributed by atoms with E-state index in [2.05, 4.69) is 38.2 Å². The molecular formula is C65H117N2O7P. The molecule has 1 N–H and O–H groups in total. The van der Waals surface area contributed by atoms with E-state index in [9.17, 15) is 19.0 Å². The van der Waals surface area contributed by atoms with Crippen molar-refractivity contribution in [1.29, 1.82) is 0 Å². The quantitative estimate of drug-likeness (QED) is 0.0161. The van der Waals surface area contributed by atoms with Crippen molar-refractivity contribution in [1.82, 2.24) is 5.32 Å². The Labute approximate surface area is 463 Å². The largest absolute Gasteiger partial charge is 0.756 e. The summed E-state index contributed by atoms with van der Waals surface area (Å²) >= 11 is 0. The van der Waals surface area contributed by atoms with Crippen LogP contribution in [0.2, 0.25) is 0 Å². The third kappa shape index (κ3) is 55.7. The zero-order valence-corrected chi connectivity index (χ0v) is 50.4. The lowest BCUT2D eigenvalue weighted by molar-refractivity contribution is -0.870. The number of quaternary nitrogens is 1. The molecule has 0 aliphatic heterocycles. The van der Waals surface area contributed by atoms with Crippen LogP contribution in [0.4, 0.5) is 0 Å². The van der Waals surface area contributed by atoms with Crippen molar-refractivity contribution in [2.75, 3.05) is 40.9 Å². The van der Waals surface area contributed by atoms with E-state index in [1.165, 1.54) is 161 Å². The van der Waals surface area contributed by atoms with Gasteiger partial charge >= 0.3 is 5.97 Å². The first-order chi connectivity index (χ1) is 36.4. The second-order valence-electron chi connectivity index (χ2n) is 22.0. The number of rotatable bonds is 55. The van der Waals surface area contributed by atoms with Crippen LogP contribution in [-0.2, 0) is 27.9 Å². The Morgan fingerprint density at radius 1 is 0.480 bits per heavy atom. The van der Waals surface area contributed by atoms with E-state index in [0.717, 1.165) is 64.2 Å². The molecule has 3 atom stereocenters. The van der Waals surface area contributed by atoms with E-state index in [0.29, 0.717) is 17.4 Å². The van der Waals surface area contributed by atoms with Gasteiger partial charge < -0.3 is 28.5 Å². The topological polar surface area (TPSA) is 114 Å². The Balaban J connectivity index is 5.35. The van der Waals surface area contributed by atoms with Crippen molar-refractivity contribution in [3.05, 3.63) is 85.1 Å². The highest BCUT2D eigenvalue weighted by Gasteiger charge is 2.27. The molecule has 0 heterocycles. The Morgan fingerprint density at radius 3 is 1.29 bits per heavy atom. The molecule has 0 aromatic heterocycles. The van der Waals surface area contributed by atoms with Crippen LogP contribution in [0.1, 0.15) is 265 Å². The fourth-order valence-electron chi connectivity index (χ4n) is 8.73. The number of phosphoric acid groups is 1. The average molecular weight is 1070 g/mol. The lowest BCUT2D eigenvalue weighted by Gasteiger charge is -2.30. The van der Waals surface area contributed by atoms with Crippen molar-refractivity contribution in [3.63, 3.8) is 0 Å². The molecule has 0 saturated carbocycles. The first-order valence-corrected chi connectivity index (χ1v) is 32.4. The molecule has 0 bridgehead atoms. The monoisotopic (exact) mass is 1070 g/mol. The van der Waals surface area contributed by atoms with Gasteiger partial charge in [0.25, 0.3) is 7.82 Å². The molecule has 0 aliphatic rings. The lowest BCUT2D eigenvalue weighted by atomic mass is 10.0. The summed E-state index contributed by atoms with van der Waals surface area (Å²) in [5.74, 6) is -0.588. The van der Waals surface area contributed by atoms with Gasteiger partial charge in [0, 0.05) is 12.8 Å². The van der Waals surface area contributed by atoms with Gasteiger partial charge in [0.05, 0.1) is 33.8 Å². The molecule has 0 fully saturated rings. The van der Waals surface area contributed by atoms with Crippen LogP contribution in [0.15, 0.2) is 85.1 Å². The number of hydrogen-bond acceptors (Lipinski definition) is 7. The Morgan fingerprint density at radius 2 is 0.853 bits per heavy atom. The maximum Gasteiger partial charge on any atom is 0.306 e. The summed E-state index contributed by atoms with van der Waals surface area (Å²) in [6, 6.07) is -0.914. The number of esters is 1. The van der Waals surface area contributed by atoms with E-state index in [4.69, 9.17) is 13.8 Å². The molecule has 434 valence electrons. The normalized spacial score (nSPS) is 14.3. The molecule has 0 radical (unpaired) electrons. The molecule has 9 nitrogen and oxygen atoms in total. The van der Waals surface area contributed by atoms with Gasteiger partial charge in [0.2, 0.25) is 5.91 Å². The zero-order chi connectivity index (χ0) is 55.0. The van der Waals surface area contributed by atoms with Crippen molar-refractivity contribution in [3.8, 4) is 0 Å². The number of unbranched alkanes of at least 4 members (excludes halogenated alkanes) is 32. The Bertz CT molecular complexity index is 1560. The van der Waals surface area contributed by atoms with Gasteiger partial charge in [-0.2, -0.15) is 0 Å². The third-order valence-corrected chi connectivity index (χ3v) is 14.5. The zero-order valence-electron chi connectivity index (χ0n) is 49.5. The standard InChI is InChI=1S/C65H117N2O7P/c1-7-10-13-16-19-22-25-28-30-32-33-35-37-40-43-46-49-52-55-58-65(69)74-63(56-53-50-47-44-41-38-27-24-21-18-15-12-9-3)62(61-73-75(70,71)72-60-59-67(4,5)6)66-64(68)57-54-51-48-45-42-39-36-34-31-29-26-23-20-17-14-11-8-2/h11,14,17,20,23,26,29,31,34,36,39,42,53,56,62-63H,7-10,12-13,15-16,18-19,21-22,24-25,27-28,30,32-33,35,37-38,40-41,43-52,54-55,57-61H2,1-6H3,(H-,66,68,70,71)/b14-11-,20-17+,26-23+,31-29-,36-34+,42-39+,56-53+. The number of ether oxygens (including phenoxy) is 1. The average Bonchev–Trinajstić information content (AvgIpc) is 3.37. The van der Waals surface area contributed by atoms with Gasteiger partial charge in [0.15, 0.2) is 0 Å². The van der Waals surface area contributed by atoms with Crippen LogP contribution in [0.3, 0.4) is 0 Å². The van der Waals surface area contributed by atoms with Crippen molar-refractivity contribution in [2.45, 2.75) is 277 Å². The summed E-state index contributed by atoms with van der Waals surface area (Å²) in [6.07, 6.45) is 71.2. The molecule has 1 amide bonds. The van der Waals surface area contributed by atoms with Crippen LogP contribution in [-0.4, -0.2) is 69.4 Å². The minimum atomic E-state index is -4.71. The molecule has 0 aliphatic carbocycles. The van der Waals surface area contributed by atoms with Gasteiger partial charge in [-0.15, -0.1) is 0 Å². The number of nitrogens with zero attached hydrogens (tertiary/aromatic N) is 1. The van der Waals surface area contributed by atoms with Crippen molar-refractivity contribution >= 4 is 19.7 Å². The predicted molar refractivity (Wildman–Crippen MR) is 321 cm³/mol. The summed E-state index contributed by atoms with van der Waals surface area (Å²) in [5.41, 5.74) is 0. The summed E-state index contributed by atoms with van der Waals surface area (Å²) < 4.78 is 30.3. The third-order valence-electron chi connectivity index (χ3n) is 13.5. The molecule has 0 rings (SSSR count). The molecule has 0 saturated heterocycles. The first kappa shape index (κ1) is 72.2. The fraction of sp³-hybridized carbons (Fsp3) is 0.754. The van der Waals surface area contributed by atoms with Gasteiger partial charge in [-0.1, -0.05) is 286 Å². The number of carbonyl (C=O) groups is 2. The lowest BCUT2D eigenvalue weighted by Crippen LogP contribution is -2.47. The highest BCUT2D eigenvalue weighted by Crippen LogP contribution is 2.38. The number of amides is 1. The molecule has 3 unspecified atom stereocenters. The predicted octanol–water partition coefficient (Wildman–Crippen LogP) is 18.4. The van der Waals surface area contributed by atoms with E-state index in [1.54, 1.807) is 0 Å². The number of hydrogen-bond donors (Lipinski definition) is 1. The van der Waals surface area contributed by atoms with Gasteiger partial charge in [-0.3, -0.25) is 14.2 Å². The van der Waals surface area contributed by atoms with Gasteiger partial charge in [-0.05, 0) is 51.0 Å². The van der Waals surface area contributed by atoms with E-state index in [-0.39, 0.29) is 31.3 Å². The van der Waals surface area contributed by atoms with E-state index >= 15 is 0 Å². The second kappa shape index (κ2) is 54.5. The molecule has 0 spiro atoms. The fourth-order valence-corrected chi connectivity index (χ4v) is 9.45. The number of carbonyl (C=O) groups excluding carboxylic acids is 2. The maximum atomic E-state index is 13.5. The minimum Gasteiger partial charge on any atom is -0.756 e. The van der Waals surface area contributed by atoms with Gasteiger partial charge in [0.1, 0.15) is 19.3 Å². The maximum absolute atomic E-state index is 13.5. The van der Waals surface area contributed by atoms with Crippen LogP contribution in [0.5, 0.6) is 0 Å². The molecule has 75 heavy (non-hydrogen) atoms. The smallest absolute Gasteiger partial charge is 0.306 e. The molecular weight excluding hydrogens is 952 g/mol. The SMILES string of the molecule is CC\C=C/C=C/C=C/C=C\C=C\C=C\CCCCCC(=O)NC(COP(=O)([O-])OCC[N+](C)(C)C)C(/C=C/CCCCCCCCCCCCC)OC(=O)CCCCCCCCCCCCCCCCCCCCC. The van der Waals surface area contributed by atoms with E-state index in [1.807, 2.05) is 94.1 Å². The second-order valence-corrected chi connectivity index (χ2v) is 23.4. The summed E-state index contributed by atoms with van der Waals surface area (Å²) in [6.45, 7) is 6.68. The Kier molecular flexibility index (Phi) is 52.5. The van der Waals surface area contributed by atoms with Crippen molar-refractivity contribution in [2.24, 2.45) is 0 Å². The molecule has 10 heteroatoms. The van der Waals surface area contributed by atoms with Gasteiger partial charge in [-0.25, -0.2) is 0 Å². The van der Waals surface area contributed by atoms with Crippen LogP contribution >= 0.6 is 7.82 Å². The highest BCUT2D eigenvalue weighted by molar-refractivity contribution is 7.45. The number of allylic oxidation sites excluding steroid dienone is 13. The van der Waals surface area contributed by atoms with E-state index < -0.39 is 26.6 Å². The van der Waals surface area contributed by atoms with Crippen LogP contribution in [0, 0.1) is 0 Å². The first-order valence-electron chi connectivity index (χ1n) is 31.0. The number of likely N-dealkylation sites (N-methyl/N-ethyl adjacent to an activating group) is 1. The number of nitrogens with one attached hydrogen (secondary N) is 1. The van der Waals surface area contributed by atoms with Crippen molar-refractivity contribution < 1.29 is 37.3 Å². The number of phosphoric ester groups is 1. The molecule has 0 aromatic rings. The minimum absolute atomic E-state index is 0.0340. The summed E-state index contributed by atoms with van der Waals surface area (Å²) in [7, 11) is 1.15. The highest BCUT2D eigenvalue weighted by atomic mass is 31.2. The van der Waals surface area contributed by atoms with Crippen LogP contribution < -0.4 is 10.2 Å². The van der Waals surface area contributed by atoms with Crippen LogP contribution in [0.25, 0.3) is 0 Å². The molecule has 0 aromatic carbocycles.